The van der Waals surface area contributed by atoms with Crippen LogP contribution in [0.1, 0.15) is 41.1 Å². The van der Waals surface area contributed by atoms with Crippen LogP contribution in [0.3, 0.4) is 0 Å². The third-order valence-corrected chi connectivity index (χ3v) is 4.34. The highest BCUT2D eigenvalue weighted by atomic mass is 16.5. The van der Waals surface area contributed by atoms with E-state index in [2.05, 4.69) is 11.7 Å². The van der Waals surface area contributed by atoms with Crippen LogP contribution in [0.25, 0.3) is 0 Å². The van der Waals surface area contributed by atoms with E-state index in [0.717, 1.165) is 12.8 Å². The third-order valence-electron chi connectivity index (χ3n) is 4.34. The van der Waals surface area contributed by atoms with Crippen LogP contribution in [0.5, 0.6) is 0 Å². The first-order valence-electron chi connectivity index (χ1n) is 7.52. The lowest BCUT2D eigenvalue weighted by molar-refractivity contribution is 0.0277. The van der Waals surface area contributed by atoms with Crippen molar-refractivity contribution in [1.29, 1.82) is 0 Å². The van der Waals surface area contributed by atoms with Gasteiger partial charge in [-0.05, 0) is 26.2 Å². The van der Waals surface area contributed by atoms with E-state index in [4.69, 9.17) is 9.26 Å². The van der Waals surface area contributed by atoms with Crippen LogP contribution >= 0.6 is 0 Å². The number of methoxy groups -OCH3 is 1. The first-order valence-corrected chi connectivity index (χ1v) is 7.52. The molecule has 1 fully saturated rings. The first-order chi connectivity index (χ1) is 10.6. The summed E-state index contributed by atoms with van der Waals surface area (Å²) in [7, 11) is 1.57. The smallest absolute Gasteiger partial charge is 0.276 e. The van der Waals surface area contributed by atoms with Crippen LogP contribution in [0.4, 0.5) is 0 Å². The average Bonchev–Trinajstić information content (AvgIpc) is 2.89. The molecule has 1 saturated heterocycles. The average molecular weight is 308 g/mol. The summed E-state index contributed by atoms with van der Waals surface area (Å²) in [5.41, 5.74) is 0.707. The molecule has 0 saturated carbocycles. The zero-order valence-corrected chi connectivity index (χ0v) is 13.3. The normalized spacial score (nSPS) is 21.9. The second kappa shape index (κ2) is 7.07. The Hall–Kier alpha value is -1.66. The second-order valence-corrected chi connectivity index (χ2v) is 5.98. The zero-order valence-electron chi connectivity index (χ0n) is 13.3. The van der Waals surface area contributed by atoms with E-state index in [1.54, 1.807) is 25.0 Å². The minimum absolute atomic E-state index is 0.0472. The first kappa shape index (κ1) is 16.7. The van der Waals surface area contributed by atoms with Crippen molar-refractivity contribution in [3.05, 3.63) is 29.7 Å². The molecule has 0 unspecified atom stereocenters. The Morgan fingerprint density at radius 3 is 3.05 bits per heavy atom. The standard InChI is InChI=1S/C16H24N2O4/c1-4-6-16(11-19)7-5-8-18(10-16)15(20)14-13(9-21-3)12(2)22-17-14/h4,19H,1,5-11H2,2-3H3/t16-/m0/s1. The van der Waals surface area contributed by atoms with Crippen molar-refractivity contribution in [3.63, 3.8) is 0 Å². The molecule has 1 aromatic heterocycles. The van der Waals surface area contributed by atoms with Gasteiger partial charge >= 0.3 is 0 Å². The Bertz CT molecular complexity index is 540. The second-order valence-electron chi connectivity index (χ2n) is 5.98. The van der Waals surface area contributed by atoms with Crippen molar-refractivity contribution < 1.29 is 19.2 Å². The minimum Gasteiger partial charge on any atom is -0.396 e. The van der Waals surface area contributed by atoms with Crippen molar-refractivity contribution in [2.75, 3.05) is 26.8 Å². The molecule has 0 radical (unpaired) electrons. The van der Waals surface area contributed by atoms with E-state index >= 15 is 0 Å². The van der Waals surface area contributed by atoms with E-state index in [1.807, 2.05) is 0 Å². The maximum absolute atomic E-state index is 12.8. The number of carbonyl (C=O) groups is 1. The maximum Gasteiger partial charge on any atom is 0.276 e. The summed E-state index contributed by atoms with van der Waals surface area (Å²) in [5.74, 6) is 0.437. The molecule has 0 spiro atoms. The number of hydrogen-bond acceptors (Lipinski definition) is 5. The summed E-state index contributed by atoms with van der Waals surface area (Å²) in [6.45, 7) is 7.04. The Morgan fingerprint density at radius 1 is 1.64 bits per heavy atom. The van der Waals surface area contributed by atoms with E-state index in [9.17, 15) is 9.90 Å². The van der Waals surface area contributed by atoms with E-state index in [-0.39, 0.29) is 17.9 Å². The van der Waals surface area contributed by atoms with Gasteiger partial charge in [0.25, 0.3) is 5.91 Å². The van der Waals surface area contributed by atoms with Gasteiger partial charge in [0.15, 0.2) is 5.69 Å². The number of aliphatic hydroxyl groups excluding tert-OH is 1. The van der Waals surface area contributed by atoms with E-state index in [0.29, 0.717) is 43.1 Å². The molecule has 0 aliphatic carbocycles. The summed E-state index contributed by atoms with van der Waals surface area (Å²) < 4.78 is 10.3. The number of aromatic nitrogens is 1. The van der Waals surface area contributed by atoms with Gasteiger partial charge in [0.2, 0.25) is 0 Å². The zero-order chi connectivity index (χ0) is 16.2. The fourth-order valence-corrected chi connectivity index (χ4v) is 3.07. The lowest BCUT2D eigenvalue weighted by atomic mass is 9.77. The number of rotatable bonds is 6. The molecule has 1 N–H and O–H groups in total. The summed E-state index contributed by atoms with van der Waals surface area (Å²) in [4.78, 5) is 14.5. The molecule has 1 aromatic rings. The van der Waals surface area contributed by atoms with Gasteiger partial charge in [-0.15, -0.1) is 6.58 Å². The number of likely N-dealkylation sites (tertiary alicyclic amines) is 1. The van der Waals surface area contributed by atoms with Crippen LogP contribution in [-0.2, 0) is 11.3 Å². The molecule has 2 heterocycles. The van der Waals surface area contributed by atoms with Gasteiger partial charge in [0, 0.05) is 25.6 Å². The summed E-state index contributed by atoms with van der Waals surface area (Å²) >= 11 is 0. The lowest BCUT2D eigenvalue weighted by Crippen LogP contribution is -2.48. The Balaban J connectivity index is 2.20. The van der Waals surface area contributed by atoms with Gasteiger partial charge in [-0.3, -0.25) is 4.79 Å². The van der Waals surface area contributed by atoms with Crippen LogP contribution in [0.15, 0.2) is 17.2 Å². The van der Waals surface area contributed by atoms with Gasteiger partial charge in [-0.1, -0.05) is 11.2 Å². The number of hydrogen-bond donors (Lipinski definition) is 1. The van der Waals surface area contributed by atoms with Crippen LogP contribution < -0.4 is 0 Å². The number of nitrogens with zero attached hydrogens (tertiary/aromatic N) is 2. The molecule has 1 aliphatic heterocycles. The molecule has 0 bridgehead atoms. The molecular weight excluding hydrogens is 284 g/mol. The van der Waals surface area contributed by atoms with E-state index in [1.165, 1.54) is 0 Å². The highest BCUT2D eigenvalue weighted by Gasteiger charge is 2.37. The SMILES string of the molecule is C=CC[C@]1(CO)CCCN(C(=O)c2noc(C)c2COC)C1. The fraction of sp³-hybridized carbons (Fsp3) is 0.625. The number of allylic oxidation sites excluding steroid dienone is 1. The van der Waals surface area contributed by atoms with Crippen LogP contribution in [0.2, 0.25) is 0 Å². The largest absolute Gasteiger partial charge is 0.396 e. The minimum atomic E-state index is -0.296. The molecule has 1 amide bonds. The number of ether oxygens (including phenoxy) is 1. The number of carbonyl (C=O) groups excluding carboxylic acids is 1. The Kier molecular flexibility index (Phi) is 5.37. The molecule has 1 atom stereocenters. The molecule has 6 nitrogen and oxygen atoms in total. The number of amides is 1. The molecule has 1 aliphatic rings. The van der Waals surface area contributed by atoms with E-state index < -0.39 is 0 Å². The van der Waals surface area contributed by atoms with Crippen molar-refractivity contribution in [1.82, 2.24) is 10.1 Å². The molecular formula is C16H24N2O4. The predicted molar refractivity (Wildman–Crippen MR) is 81.4 cm³/mol. The van der Waals surface area contributed by atoms with Gasteiger partial charge in [0.1, 0.15) is 5.76 Å². The summed E-state index contributed by atoms with van der Waals surface area (Å²) in [6.07, 6.45) is 4.25. The van der Waals surface area contributed by atoms with Crippen LogP contribution in [0, 0.1) is 12.3 Å². The summed E-state index contributed by atoms with van der Waals surface area (Å²) in [6, 6.07) is 0. The topological polar surface area (TPSA) is 75.8 Å². The Labute approximate surface area is 130 Å². The van der Waals surface area contributed by atoms with Gasteiger partial charge < -0.3 is 19.3 Å². The lowest BCUT2D eigenvalue weighted by Gasteiger charge is -2.41. The summed E-state index contributed by atoms with van der Waals surface area (Å²) in [5, 5.41) is 13.6. The monoisotopic (exact) mass is 308 g/mol. The fourth-order valence-electron chi connectivity index (χ4n) is 3.07. The van der Waals surface area contributed by atoms with Crippen molar-refractivity contribution in [3.8, 4) is 0 Å². The van der Waals surface area contributed by atoms with Gasteiger partial charge in [-0.25, -0.2) is 0 Å². The maximum atomic E-state index is 12.8. The highest BCUT2D eigenvalue weighted by Crippen LogP contribution is 2.34. The number of aliphatic hydroxyl groups is 1. The van der Waals surface area contributed by atoms with Gasteiger partial charge in [-0.2, -0.15) is 0 Å². The van der Waals surface area contributed by atoms with Gasteiger partial charge in [0.05, 0.1) is 18.8 Å². The van der Waals surface area contributed by atoms with Crippen LogP contribution in [-0.4, -0.2) is 47.9 Å². The van der Waals surface area contributed by atoms with Crippen molar-refractivity contribution >= 4 is 5.91 Å². The molecule has 122 valence electrons. The number of aryl methyl sites for hydroxylation is 1. The third kappa shape index (κ3) is 3.23. The number of piperidine rings is 1. The predicted octanol–water partition coefficient (Wildman–Crippen LogP) is 1.92. The molecule has 0 aromatic carbocycles. The molecule has 2 rings (SSSR count). The highest BCUT2D eigenvalue weighted by molar-refractivity contribution is 5.93. The van der Waals surface area contributed by atoms with Crippen molar-refractivity contribution in [2.24, 2.45) is 5.41 Å². The molecule has 6 heteroatoms. The van der Waals surface area contributed by atoms with Crippen molar-refractivity contribution in [2.45, 2.75) is 32.8 Å². The molecule has 22 heavy (non-hydrogen) atoms. The Morgan fingerprint density at radius 2 is 2.41 bits per heavy atom. The quantitative estimate of drug-likeness (QED) is 0.813.